The second kappa shape index (κ2) is 13.0. The monoisotopic (exact) mass is 677 g/mol. The van der Waals surface area contributed by atoms with Crippen LogP contribution >= 0.6 is 0 Å². The second-order valence-corrected chi connectivity index (χ2v) is 15.1. The van der Waals surface area contributed by atoms with E-state index in [9.17, 15) is 5.11 Å². The van der Waals surface area contributed by atoms with Crippen molar-refractivity contribution in [3.8, 4) is 45.1 Å². The number of pyridine rings is 1. The van der Waals surface area contributed by atoms with E-state index in [1.807, 2.05) is 30.5 Å². The summed E-state index contributed by atoms with van der Waals surface area (Å²) < 4.78 is 2.27. The number of hydrogen-bond acceptors (Lipinski definition) is 3. The van der Waals surface area contributed by atoms with Crippen molar-refractivity contribution in [1.82, 2.24) is 14.5 Å². The molecule has 2 heterocycles. The van der Waals surface area contributed by atoms with Gasteiger partial charge in [-0.15, -0.1) is 0 Å². The quantitative estimate of drug-likeness (QED) is 0.191. The average Bonchev–Trinajstić information content (AvgIpc) is 3.49. The maximum atomic E-state index is 11.3. The van der Waals surface area contributed by atoms with Crippen LogP contribution in [0.15, 0.2) is 134 Å². The fourth-order valence-electron chi connectivity index (χ4n) is 7.69. The zero-order valence-corrected chi connectivity index (χ0v) is 30.7. The maximum Gasteiger partial charge on any atom is 0.149 e. The van der Waals surface area contributed by atoms with Crippen LogP contribution in [0.1, 0.15) is 54.2 Å². The predicted molar refractivity (Wildman–Crippen MR) is 217 cm³/mol. The summed E-state index contributed by atoms with van der Waals surface area (Å²) in [5.41, 5.74) is 16.1. The van der Waals surface area contributed by atoms with Crippen LogP contribution in [0.25, 0.3) is 61.3 Å². The molecule has 0 saturated carbocycles. The fourth-order valence-corrected chi connectivity index (χ4v) is 7.69. The number of imidazole rings is 1. The molecule has 0 unspecified atom stereocenters. The van der Waals surface area contributed by atoms with Crippen LogP contribution in [0.4, 0.5) is 0 Å². The first-order chi connectivity index (χ1) is 25.0. The van der Waals surface area contributed by atoms with Crippen LogP contribution < -0.4 is 0 Å². The largest absolute Gasteiger partial charge is 0.507 e. The van der Waals surface area contributed by atoms with E-state index in [0.29, 0.717) is 11.4 Å². The normalized spacial score (nSPS) is 11.8. The molecule has 0 saturated heterocycles. The number of fused-ring (bicyclic) bond motifs is 2. The molecule has 2 aromatic heterocycles. The predicted octanol–water partition coefficient (Wildman–Crippen LogP) is 12.1. The number of rotatable bonds is 6. The lowest BCUT2D eigenvalue weighted by molar-refractivity contribution is 0.477. The molecule has 6 aromatic carbocycles. The second-order valence-electron chi connectivity index (χ2n) is 15.1. The van der Waals surface area contributed by atoms with Crippen LogP contribution in [-0.2, 0) is 11.8 Å². The number of aromatic nitrogens is 3. The van der Waals surface area contributed by atoms with E-state index in [4.69, 9.17) is 9.97 Å². The van der Waals surface area contributed by atoms with Gasteiger partial charge in [0.25, 0.3) is 0 Å². The summed E-state index contributed by atoms with van der Waals surface area (Å²) in [6, 6.07) is 44.8. The third-order valence-corrected chi connectivity index (χ3v) is 10.1. The molecule has 0 fully saturated rings. The highest BCUT2D eigenvalue weighted by Crippen LogP contribution is 2.42. The first-order valence-electron chi connectivity index (χ1n) is 18.0. The number of aromatic hydroxyl groups is 1. The summed E-state index contributed by atoms with van der Waals surface area (Å²) in [6.07, 6.45) is 2.64. The van der Waals surface area contributed by atoms with Gasteiger partial charge in [0.2, 0.25) is 0 Å². The molecule has 0 bridgehead atoms. The molecule has 0 aliphatic carbocycles. The standard InChI is InChI=1S/C48H43N3O/c1-30-22-31(2)46(32(3)23-30)51-42-26-34(24-33-14-8-7-9-15-33)25-41(45(42)50-47(51)40-18-10-11-20-43(40)52)37-27-36(28-38(29-37)48(4,5)6)39-19-12-16-35-17-13-21-49-44(35)39/h7-23,25-29,52H,24H2,1-6H3. The van der Waals surface area contributed by atoms with Crippen molar-refractivity contribution in [1.29, 1.82) is 0 Å². The molecule has 8 aromatic rings. The van der Waals surface area contributed by atoms with Gasteiger partial charge in [-0.2, -0.15) is 0 Å². The molecule has 0 spiro atoms. The average molecular weight is 678 g/mol. The Balaban J connectivity index is 1.49. The Hall–Kier alpha value is -6.00. The molecular formula is C48H43N3O. The maximum absolute atomic E-state index is 11.3. The van der Waals surface area contributed by atoms with Gasteiger partial charge in [-0.05, 0) is 108 Å². The fraction of sp³-hybridized carbons (Fsp3) is 0.167. The van der Waals surface area contributed by atoms with Crippen LogP contribution in [0.2, 0.25) is 0 Å². The zero-order chi connectivity index (χ0) is 36.1. The van der Waals surface area contributed by atoms with E-state index in [1.165, 1.54) is 22.3 Å². The Bertz CT molecular complexity index is 2600. The molecule has 0 amide bonds. The van der Waals surface area contributed by atoms with Gasteiger partial charge in [-0.3, -0.25) is 9.55 Å². The summed E-state index contributed by atoms with van der Waals surface area (Å²) in [5.74, 6) is 0.916. The van der Waals surface area contributed by atoms with Gasteiger partial charge in [-0.1, -0.05) is 117 Å². The van der Waals surface area contributed by atoms with Crippen LogP contribution in [0, 0.1) is 20.8 Å². The number of phenolic OH excluding ortho intramolecular Hbond substituents is 1. The molecule has 8 rings (SSSR count). The SMILES string of the molecule is Cc1cc(C)c(-n2c(-c3ccccc3O)nc3c(-c4cc(-c5cccc6cccnc56)cc(C(C)(C)C)c4)cc(Cc4ccccc4)cc32)c(C)c1. The lowest BCUT2D eigenvalue weighted by atomic mass is 9.82. The van der Waals surface area contributed by atoms with E-state index in [2.05, 4.69) is 143 Å². The number of phenols is 1. The summed E-state index contributed by atoms with van der Waals surface area (Å²) in [6.45, 7) is 13.3. The molecule has 0 atom stereocenters. The summed E-state index contributed by atoms with van der Waals surface area (Å²) >= 11 is 0. The van der Waals surface area contributed by atoms with Gasteiger partial charge in [0.15, 0.2) is 0 Å². The van der Waals surface area contributed by atoms with Crippen molar-refractivity contribution in [2.24, 2.45) is 0 Å². The van der Waals surface area contributed by atoms with E-state index in [-0.39, 0.29) is 11.2 Å². The van der Waals surface area contributed by atoms with Crippen molar-refractivity contribution in [3.05, 3.63) is 167 Å². The molecule has 1 N–H and O–H groups in total. The molecule has 4 nitrogen and oxygen atoms in total. The van der Waals surface area contributed by atoms with Crippen molar-refractivity contribution < 1.29 is 5.11 Å². The minimum absolute atomic E-state index is 0.111. The Morgan fingerprint density at radius 3 is 2.02 bits per heavy atom. The van der Waals surface area contributed by atoms with Gasteiger partial charge in [0.05, 0.1) is 27.8 Å². The molecule has 0 aliphatic heterocycles. The van der Waals surface area contributed by atoms with Crippen molar-refractivity contribution in [3.63, 3.8) is 0 Å². The highest BCUT2D eigenvalue weighted by Gasteiger charge is 2.24. The summed E-state index contributed by atoms with van der Waals surface area (Å²) in [4.78, 5) is 10.3. The Labute approximate surface area is 306 Å². The minimum Gasteiger partial charge on any atom is -0.507 e. The summed E-state index contributed by atoms with van der Waals surface area (Å²) in [7, 11) is 0. The Kier molecular flexibility index (Phi) is 8.26. The smallest absolute Gasteiger partial charge is 0.149 e. The van der Waals surface area contributed by atoms with Gasteiger partial charge in [0, 0.05) is 22.7 Å². The third-order valence-electron chi connectivity index (χ3n) is 10.1. The minimum atomic E-state index is -0.111. The molecular weight excluding hydrogens is 635 g/mol. The number of para-hydroxylation sites is 2. The molecule has 0 radical (unpaired) electrons. The van der Waals surface area contributed by atoms with Gasteiger partial charge in [-0.25, -0.2) is 4.98 Å². The molecule has 256 valence electrons. The number of nitrogens with zero attached hydrogens (tertiary/aromatic N) is 3. The highest BCUT2D eigenvalue weighted by atomic mass is 16.3. The number of aryl methyl sites for hydroxylation is 3. The topological polar surface area (TPSA) is 50.9 Å². The van der Waals surface area contributed by atoms with E-state index >= 15 is 0 Å². The number of benzene rings is 6. The highest BCUT2D eigenvalue weighted by molar-refractivity contribution is 5.99. The van der Waals surface area contributed by atoms with E-state index < -0.39 is 0 Å². The molecule has 0 aliphatic rings. The molecule has 52 heavy (non-hydrogen) atoms. The van der Waals surface area contributed by atoms with E-state index in [0.717, 1.165) is 67.4 Å². The summed E-state index contributed by atoms with van der Waals surface area (Å²) in [5, 5.41) is 12.4. The Morgan fingerprint density at radius 1 is 0.615 bits per heavy atom. The lowest BCUT2D eigenvalue weighted by Crippen LogP contribution is -2.11. The van der Waals surface area contributed by atoms with Crippen molar-refractivity contribution >= 4 is 21.9 Å². The molecule has 4 heteroatoms. The van der Waals surface area contributed by atoms with Gasteiger partial charge in [0.1, 0.15) is 11.6 Å². The van der Waals surface area contributed by atoms with Crippen molar-refractivity contribution in [2.45, 2.75) is 53.4 Å². The van der Waals surface area contributed by atoms with Crippen LogP contribution in [-0.4, -0.2) is 19.6 Å². The third kappa shape index (κ3) is 6.05. The van der Waals surface area contributed by atoms with Crippen molar-refractivity contribution in [2.75, 3.05) is 0 Å². The lowest BCUT2D eigenvalue weighted by Gasteiger charge is -2.22. The van der Waals surface area contributed by atoms with Gasteiger partial charge >= 0.3 is 0 Å². The van der Waals surface area contributed by atoms with Crippen LogP contribution in [0.3, 0.4) is 0 Å². The van der Waals surface area contributed by atoms with E-state index in [1.54, 1.807) is 6.07 Å². The zero-order valence-electron chi connectivity index (χ0n) is 30.7. The first kappa shape index (κ1) is 33.2. The van der Waals surface area contributed by atoms with Gasteiger partial charge < -0.3 is 5.11 Å². The Morgan fingerprint density at radius 2 is 1.29 bits per heavy atom. The number of hydrogen-bond donors (Lipinski definition) is 1. The van der Waals surface area contributed by atoms with Crippen LogP contribution in [0.5, 0.6) is 5.75 Å². The first-order valence-corrected chi connectivity index (χ1v) is 18.0.